The van der Waals surface area contributed by atoms with Crippen molar-refractivity contribution in [3.63, 3.8) is 0 Å². The molecule has 0 aromatic heterocycles. The zero-order valence-electron chi connectivity index (χ0n) is 14.7. The van der Waals surface area contributed by atoms with Gasteiger partial charge in [-0.2, -0.15) is 0 Å². The van der Waals surface area contributed by atoms with E-state index in [4.69, 9.17) is 14.2 Å². The molecule has 2 rings (SSSR count). The predicted molar refractivity (Wildman–Crippen MR) is 92.8 cm³/mol. The zero-order valence-corrected chi connectivity index (χ0v) is 14.7. The van der Waals surface area contributed by atoms with Crippen LogP contribution in [0.4, 0.5) is 4.39 Å². The van der Waals surface area contributed by atoms with Gasteiger partial charge in [0.1, 0.15) is 17.3 Å². The van der Waals surface area contributed by atoms with E-state index in [1.807, 2.05) is 0 Å². The van der Waals surface area contributed by atoms with Gasteiger partial charge < -0.3 is 19.5 Å². The van der Waals surface area contributed by atoms with E-state index in [2.05, 4.69) is 5.32 Å². The molecule has 6 nitrogen and oxygen atoms in total. The van der Waals surface area contributed by atoms with E-state index >= 15 is 0 Å². The van der Waals surface area contributed by atoms with E-state index in [-0.39, 0.29) is 5.56 Å². The van der Waals surface area contributed by atoms with Gasteiger partial charge in [-0.3, -0.25) is 4.79 Å². The molecule has 2 aromatic rings. The Labute approximate surface area is 150 Å². The largest absolute Gasteiger partial charge is 0.497 e. The summed E-state index contributed by atoms with van der Waals surface area (Å²) in [4.78, 5) is 23.9. The van der Waals surface area contributed by atoms with E-state index in [0.29, 0.717) is 11.5 Å². The molecular weight excluding hydrogens is 341 g/mol. The summed E-state index contributed by atoms with van der Waals surface area (Å²) in [7, 11) is 3.08. The number of methoxy groups -OCH3 is 2. The Bertz CT molecular complexity index is 776. The summed E-state index contributed by atoms with van der Waals surface area (Å²) in [5.74, 6) is -0.406. The molecular formula is C19H20FNO5. The topological polar surface area (TPSA) is 73.9 Å². The Hall–Kier alpha value is -3.09. The maximum atomic E-state index is 12.8. The van der Waals surface area contributed by atoms with Gasteiger partial charge in [0.15, 0.2) is 6.61 Å². The summed E-state index contributed by atoms with van der Waals surface area (Å²) in [5, 5.41) is 2.73. The number of esters is 1. The van der Waals surface area contributed by atoms with Crippen molar-refractivity contribution in [2.45, 2.75) is 13.0 Å². The second-order valence-electron chi connectivity index (χ2n) is 5.48. The molecule has 0 aliphatic heterocycles. The third-order valence-electron chi connectivity index (χ3n) is 3.70. The SMILES string of the molecule is COc1ccc(OC)c([C@@H](C)NC(=O)COC(=O)c2ccc(F)cc2)c1. The minimum atomic E-state index is -0.702. The average molecular weight is 361 g/mol. The first-order valence-electron chi connectivity index (χ1n) is 7.88. The van der Waals surface area contributed by atoms with Crippen molar-refractivity contribution in [3.8, 4) is 11.5 Å². The van der Waals surface area contributed by atoms with Crippen molar-refractivity contribution in [1.82, 2.24) is 5.32 Å². The highest BCUT2D eigenvalue weighted by Crippen LogP contribution is 2.29. The smallest absolute Gasteiger partial charge is 0.338 e. The molecule has 0 saturated carbocycles. The lowest BCUT2D eigenvalue weighted by molar-refractivity contribution is -0.124. The monoisotopic (exact) mass is 361 g/mol. The normalized spacial score (nSPS) is 11.4. The summed E-state index contributed by atoms with van der Waals surface area (Å²) in [6.45, 7) is 1.32. The number of hydrogen-bond donors (Lipinski definition) is 1. The fourth-order valence-electron chi connectivity index (χ4n) is 2.34. The minimum Gasteiger partial charge on any atom is -0.497 e. The van der Waals surface area contributed by atoms with Crippen LogP contribution in [0.5, 0.6) is 11.5 Å². The minimum absolute atomic E-state index is 0.168. The second-order valence-corrected chi connectivity index (χ2v) is 5.48. The van der Waals surface area contributed by atoms with Crippen LogP contribution in [0.2, 0.25) is 0 Å². The van der Waals surface area contributed by atoms with Gasteiger partial charge in [0, 0.05) is 5.56 Å². The Morgan fingerprint density at radius 1 is 1.08 bits per heavy atom. The summed E-state index contributed by atoms with van der Waals surface area (Å²) < 4.78 is 28.3. The first-order chi connectivity index (χ1) is 12.4. The molecule has 0 bridgehead atoms. The van der Waals surface area contributed by atoms with Crippen LogP contribution in [0.25, 0.3) is 0 Å². The molecule has 26 heavy (non-hydrogen) atoms. The first kappa shape index (κ1) is 19.2. The van der Waals surface area contributed by atoms with Crippen molar-refractivity contribution < 1.29 is 28.2 Å². The first-order valence-corrected chi connectivity index (χ1v) is 7.88. The van der Waals surface area contributed by atoms with Crippen LogP contribution >= 0.6 is 0 Å². The van der Waals surface area contributed by atoms with Gasteiger partial charge >= 0.3 is 5.97 Å². The fourth-order valence-corrected chi connectivity index (χ4v) is 2.34. The highest BCUT2D eigenvalue weighted by Gasteiger charge is 2.17. The number of ether oxygens (including phenoxy) is 3. The van der Waals surface area contributed by atoms with Gasteiger partial charge in [0.05, 0.1) is 25.8 Å². The second kappa shape index (κ2) is 8.84. The van der Waals surface area contributed by atoms with Gasteiger partial charge in [0.25, 0.3) is 5.91 Å². The molecule has 1 N–H and O–H groups in total. The number of rotatable bonds is 7. The number of halogens is 1. The van der Waals surface area contributed by atoms with Gasteiger partial charge in [-0.15, -0.1) is 0 Å². The fraction of sp³-hybridized carbons (Fsp3) is 0.263. The Kier molecular flexibility index (Phi) is 6.54. The Morgan fingerprint density at radius 3 is 2.38 bits per heavy atom. The zero-order chi connectivity index (χ0) is 19.1. The molecule has 2 aromatic carbocycles. The van der Waals surface area contributed by atoms with Crippen molar-refractivity contribution in [2.75, 3.05) is 20.8 Å². The van der Waals surface area contributed by atoms with Crippen LogP contribution < -0.4 is 14.8 Å². The Morgan fingerprint density at radius 2 is 1.77 bits per heavy atom. The molecule has 0 heterocycles. The van der Waals surface area contributed by atoms with Gasteiger partial charge in [0.2, 0.25) is 0 Å². The number of nitrogens with one attached hydrogen (secondary N) is 1. The Balaban J connectivity index is 1.95. The van der Waals surface area contributed by atoms with Crippen molar-refractivity contribution in [1.29, 1.82) is 0 Å². The standard InChI is InChI=1S/C19H20FNO5/c1-12(16-10-15(24-2)8-9-17(16)25-3)21-18(22)11-26-19(23)13-4-6-14(20)7-5-13/h4-10,12H,11H2,1-3H3,(H,21,22)/t12-/m1/s1. The lowest BCUT2D eigenvalue weighted by Gasteiger charge is -2.18. The highest BCUT2D eigenvalue weighted by molar-refractivity contribution is 5.91. The molecule has 0 aliphatic rings. The molecule has 0 unspecified atom stereocenters. The molecule has 7 heteroatoms. The van der Waals surface area contributed by atoms with Gasteiger partial charge in [-0.1, -0.05) is 0 Å². The van der Waals surface area contributed by atoms with E-state index in [1.54, 1.807) is 32.2 Å². The molecule has 1 amide bonds. The highest BCUT2D eigenvalue weighted by atomic mass is 19.1. The number of carbonyl (C=O) groups is 2. The summed E-state index contributed by atoms with van der Waals surface area (Å²) in [6.07, 6.45) is 0. The molecule has 0 aliphatic carbocycles. The van der Waals surface area contributed by atoms with Gasteiger partial charge in [-0.05, 0) is 49.4 Å². The van der Waals surface area contributed by atoms with Crippen LogP contribution in [-0.2, 0) is 9.53 Å². The molecule has 0 spiro atoms. The number of amides is 1. The lowest BCUT2D eigenvalue weighted by atomic mass is 10.1. The molecule has 0 fully saturated rings. The van der Waals surface area contributed by atoms with Gasteiger partial charge in [-0.25, -0.2) is 9.18 Å². The molecule has 0 radical (unpaired) electrons. The summed E-state index contributed by atoms with van der Waals surface area (Å²) >= 11 is 0. The molecule has 138 valence electrons. The number of hydrogen-bond acceptors (Lipinski definition) is 5. The van der Waals surface area contributed by atoms with E-state index in [9.17, 15) is 14.0 Å². The van der Waals surface area contributed by atoms with Crippen LogP contribution in [0.3, 0.4) is 0 Å². The van der Waals surface area contributed by atoms with Crippen LogP contribution in [0, 0.1) is 5.82 Å². The van der Waals surface area contributed by atoms with Crippen LogP contribution in [0.1, 0.15) is 28.9 Å². The summed E-state index contributed by atoms with van der Waals surface area (Å²) in [6, 6.07) is 9.73. The molecule has 0 saturated heterocycles. The number of benzene rings is 2. The molecule has 1 atom stereocenters. The summed E-state index contributed by atoms with van der Waals surface area (Å²) in [5.41, 5.74) is 0.895. The van der Waals surface area contributed by atoms with Crippen LogP contribution in [0.15, 0.2) is 42.5 Å². The number of carbonyl (C=O) groups excluding carboxylic acids is 2. The third kappa shape index (κ3) is 4.95. The lowest BCUT2D eigenvalue weighted by Crippen LogP contribution is -2.31. The van der Waals surface area contributed by atoms with E-state index in [1.165, 1.54) is 19.2 Å². The van der Waals surface area contributed by atoms with E-state index < -0.39 is 30.3 Å². The maximum Gasteiger partial charge on any atom is 0.338 e. The van der Waals surface area contributed by atoms with Crippen molar-refractivity contribution >= 4 is 11.9 Å². The maximum absolute atomic E-state index is 12.8. The third-order valence-corrected chi connectivity index (χ3v) is 3.70. The van der Waals surface area contributed by atoms with Crippen molar-refractivity contribution in [2.24, 2.45) is 0 Å². The quantitative estimate of drug-likeness (QED) is 0.768. The average Bonchev–Trinajstić information content (AvgIpc) is 2.66. The predicted octanol–water partition coefficient (Wildman–Crippen LogP) is 2.88. The van der Waals surface area contributed by atoms with Crippen LogP contribution in [-0.4, -0.2) is 32.7 Å². The van der Waals surface area contributed by atoms with Crippen molar-refractivity contribution in [3.05, 3.63) is 59.4 Å². The van der Waals surface area contributed by atoms with E-state index in [0.717, 1.165) is 17.7 Å².